The lowest BCUT2D eigenvalue weighted by molar-refractivity contribution is -0.129. The Balaban J connectivity index is 2.96. The molecule has 0 radical (unpaired) electrons. The zero-order valence-corrected chi connectivity index (χ0v) is 11.6. The number of esters is 2. The zero-order chi connectivity index (χ0) is 14.5. The van der Waals surface area contributed by atoms with E-state index in [1.165, 1.54) is 6.08 Å². The maximum Gasteiger partial charge on any atom is 0.342 e. The molecule has 1 rings (SSSR count). The smallest absolute Gasteiger partial charge is 0.342 e. The van der Waals surface area contributed by atoms with Crippen LogP contribution in [-0.2, 0) is 9.53 Å². The average molecular weight is 262 g/mol. The van der Waals surface area contributed by atoms with Crippen molar-refractivity contribution in [2.45, 2.75) is 33.3 Å². The van der Waals surface area contributed by atoms with E-state index in [0.717, 1.165) is 0 Å². The van der Waals surface area contributed by atoms with E-state index in [1.54, 1.807) is 58.0 Å². The van der Waals surface area contributed by atoms with Crippen molar-refractivity contribution in [2.75, 3.05) is 0 Å². The van der Waals surface area contributed by atoms with Crippen LogP contribution in [0.4, 0.5) is 0 Å². The lowest BCUT2D eigenvalue weighted by Gasteiger charge is -2.20. The van der Waals surface area contributed by atoms with Crippen LogP contribution in [0.25, 0.3) is 0 Å². The summed E-state index contributed by atoms with van der Waals surface area (Å²) < 4.78 is 10.4. The minimum Gasteiger partial charge on any atom is -0.456 e. The molecule has 4 nitrogen and oxygen atoms in total. The molecule has 0 aromatic heterocycles. The molecule has 0 fully saturated rings. The van der Waals surface area contributed by atoms with Gasteiger partial charge in [0.05, 0.1) is 0 Å². The molecular formula is C15H18O4. The number of allylic oxidation sites excluding steroid dienone is 1. The first-order chi connectivity index (χ1) is 8.83. The fourth-order valence-corrected chi connectivity index (χ4v) is 1.34. The molecule has 0 amide bonds. The van der Waals surface area contributed by atoms with Crippen molar-refractivity contribution >= 4 is 11.9 Å². The highest BCUT2D eigenvalue weighted by Gasteiger charge is 2.21. The Hall–Kier alpha value is -2.10. The summed E-state index contributed by atoms with van der Waals surface area (Å²) in [5.41, 5.74) is -0.368. The lowest BCUT2D eigenvalue weighted by Crippen LogP contribution is -2.24. The number of benzene rings is 1. The highest BCUT2D eigenvalue weighted by Crippen LogP contribution is 2.21. The summed E-state index contributed by atoms with van der Waals surface area (Å²) in [5, 5.41) is 0. The van der Waals surface area contributed by atoms with Crippen LogP contribution in [0, 0.1) is 0 Å². The Labute approximate surface area is 113 Å². The molecular weight excluding hydrogens is 244 g/mol. The van der Waals surface area contributed by atoms with Gasteiger partial charge >= 0.3 is 11.9 Å². The third-order valence-electron chi connectivity index (χ3n) is 2.02. The summed E-state index contributed by atoms with van der Waals surface area (Å²) in [6, 6.07) is 6.49. The number of para-hydroxylation sites is 1. The largest absolute Gasteiger partial charge is 0.456 e. The van der Waals surface area contributed by atoms with Gasteiger partial charge in [0.15, 0.2) is 0 Å². The Morgan fingerprint density at radius 2 is 1.79 bits per heavy atom. The summed E-state index contributed by atoms with van der Waals surface area (Å²) in [6.07, 6.45) is 2.85. The molecule has 0 aliphatic carbocycles. The molecule has 0 spiro atoms. The van der Waals surface area contributed by atoms with Crippen molar-refractivity contribution in [1.29, 1.82) is 0 Å². The van der Waals surface area contributed by atoms with E-state index in [2.05, 4.69) is 0 Å². The molecule has 0 aliphatic rings. The Bertz CT molecular complexity index is 495. The predicted molar refractivity (Wildman–Crippen MR) is 72.1 cm³/mol. The van der Waals surface area contributed by atoms with E-state index in [-0.39, 0.29) is 11.3 Å². The van der Waals surface area contributed by atoms with Crippen LogP contribution in [0.15, 0.2) is 36.4 Å². The zero-order valence-electron chi connectivity index (χ0n) is 11.6. The second-order valence-electron chi connectivity index (χ2n) is 4.92. The van der Waals surface area contributed by atoms with E-state index in [1.807, 2.05) is 0 Å². The SMILES string of the molecule is C/C=C/C(=O)Oc1ccccc1C(=O)OC(C)(C)C. The molecule has 0 bridgehead atoms. The van der Waals surface area contributed by atoms with Crippen molar-refractivity contribution in [3.05, 3.63) is 42.0 Å². The Morgan fingerprint density at radius 3 is 2.37 bits per heavy atom. The van der Waals surface area contributed by atoms with Gasteiger partial charge in [-0.05, 0) is 39.8 Å². The van der Waals surface area contributed by atoms with Gasteiger partial charge in [0.25, 0.3) is 0 Å². The third kappa shape index (κ3) is 4.95. The van der Waals surface area contributed by atoms with Gasteiger partial charge < -0.3 is 9.47 Å². The molecule has 19 heavy (non-hydrogen) atoms. The lowest BCUT2D eigenvalue weighted by atomic mass is 10.1. The van der Waals surface area contributed by atoms with Crippen LogP contribution in [0.5, 0.6) is 5.75 Å². The Morgan fingerprint density at radius 1 is 1.16 bits per heavy atom. The summed E-state index contributed by atoms with van der Waals surface area (Å²) in [5.74, 6) is -0.852. The van der Waals surface area contributed by atoms with E-state index < -0.39 is 17.5 Å². The van der Waals surface area contributed by atoms with Gasteiger partial charge in [-0.1, -0.05) is 18.2 Å². The molecule has 0 aliphatic heterocycles. The Kier molecular flexibility index (Phi) is 4.87. The summed E-state index contributed by atoms with van der Waals surface area (Å²) in [4.78, 5) is 23.4. The summed E-state index contributed by atoms with van der Waals surface area (Å²) in [7, 11) is 0. The molecule has 0 N–H and O–H groups in total. The minimum absolute atomic E-state index is 0.194. The van der Waals surface area contributed by atoms with Gasteiger partial charge in [0.1, 0.15) is 16.9 Å². The van der Waals surface area contributed by atoms with Crippen LogP contribution in [0.3, 0.4) is 0 Å². The second-order valence-corrected chi connectivity index (χ2v) is 4.92. The van der Waals surface area contributed by atoms with Crippen molar-refractivity contribution in [3.63, 3.8) is 0 Å². The van der Waals surface area contributed by atoms with Crippen molar-refractivity contribution in [2.24, 2.45) is 0 Å². The van der Waals surface area contributed by atoms with Gasteiger partial charge in [-0.25, -0.2) is 9.59 Å². The van der Waals surface area contributed by atoms with Crippen molar-refractivity contribution < 1.29 is 19.1 Å². The van der Waals surface area contributed by atoms with Gasteiger partial charge in [-0.3, -0.25) is 0 Å². The molecule has 1 aromatic carbocycles. The molecule has 0 atom stereocenters. The second kappa shape index (κ2) is 6.18. The van der Waals surface area contributed by atoms with E-state index in [9.17, 15) is 9.59 Å². The molecule has 102 valence electrons. The maximum atomic E-state index is 12.0. The molecule has 0 unspecified atom stereocenters. The van der Waals surface area contributed by atoms with Gasteiger partial charge in [-0.2, -0.15) is 0 Å². The van der Waals surface area contributed by atoms with E-state index in [4.69, 9.17) is 9.47 Å². The summed E-state index contributed by atoms with van der Waals surface area (Å²) >= 11 is 0. The fourth-order valence-electron chi connectivity index (χ4n) is 1.34. The van der Waals surface area contributed by atoms with Crippen molar-refractivity contribution in [1.82, 2.24) is 0 Å². The number of hydrogen-bond donors (Lipinski definition) is 0. The van der Waals surface area contributed by atoms with Crippen LogP contribution in [0.2, 0.25) is 0 Å². The van der Waals surface area contributed by atoms with Crippen molar-refractivity contribution in [3.8, 4) is 5.75 Å². The summed E-state index contributed by atoms with van der Waals surface area (Å²) in [6.45, 7) is 7.04. The van der Waals surface area contributed by atoms with Crippen LogP contribution >= 0.6 is 0 Å². The first-order valence-electron chi connectivity index (χ1n) is 6.00. The van der Waals surface area contributed by atoms with E-state index >= 15 is 0 Å². The quantitative estimate of drug-likeness (QED) is 0.477. The highest BCUT2D eigenvalue weighted by molar-refractivity contribution is 5.94. The van der Waals surface area contributed by atoms with Crippen LogP contribution in [-0.4, -0.2) is 17.5 Å². The number of ether oxygens (including phenoxy) is 2. The first-order valence-corrected chi connectivity index (χ1v) is 6.00. The van der Waals surface area contributed by atoms with Gasteiger partial charge in [0, 0.05) is 6.08 Å². The minimum atomic E-state index is -0.600. The predicted octanol–water partition coefficient (Wildman–Crippen LogP) is 3.12. The topological polar surface area (TPSA) is 52.6 Å². The normalized spacial score (nSPS) is 11.4. The van der Waals surface area contributed by atoms with E-state index in [0.29, 0.717) is 0 Å². The number of hydrogen-bond acceptors (Lipinski definition) is 4. The van der Waals surface area contributed by atoms with Crippen LogP contribution in [0.1, 0.15) is 38.1 Å². The molecule has 1 aromatic rings. The number of carbonyl (C=O) groups excluding carboxylic acids is 2. The first kappa shape index (κ1) is 15.0. The fraction of sp³-hybridized carbons (Fsp3) is 0.333. The molecule has 4 heteroatoms. The standard InChI is InChI=1S/C15H18O4/c1-5-8-13(16)18-12-10-7-6-9-11(12)14(17)19-15(2,3)4/h5-10H,1-4H3/b8-5+. The van der Waals surface area contributed by atoms with Gasteiger partial charge in [-0.15, -0.1) is 0 Å². The third-order valence-corrected chi connectivity index (χ3v) is 2.02. The molecule has 0 saturated carbocycles. The van der Waals surface area contributed by atoms with Gasteiger partial charge in [0.2, 0.25) is 0 Å². The number of carbonyl (C=O) groups is 2. The maximum absolute atomic E-state index is 12.0. The molecule has 0 heterocycles. The monoisotopic (exact) mass is 262 g/mol. The highest BCUT2D eigenvalue weighted by atomic mass is 16.6. The van der Waals surface area contributed by atoms with Crippen LogP contribution < -0.4 is 4.74 Å². The number of rotatable bonds is 3. The molecule has 0 saturated heterocycles. The average Bonchev–Trinajstić information content (AvgIpc) is 2.27.